The zero-order chi connectivity index (χ0) is 24.8. The van der Waals surface area contributed by atoms with Crippen molar-refractivity contribution in [1.29, 1.82) is 0 Å². The van der Waals surface area contributed by atoms with Crippen molar-refractivity contribution in [2.24, 2.45) is 11.8 Å². The molecule has 3 atom stereocenters. The summed E-state index contributed by atoms with van der Waals surface area (Å²) in [6.07, 6.45) is 3.35. The monoisotopic (exact) mass is 478 g/mol. The summed E-state index contributed by atoms with van der Waals surface area (Å²) in [4.78, 5) is 36.3. The van der Waals surface area contributed by atoms with Crippen LogP contribution in [0, 0.1) is 11.8 Å². The van der Waals surface area contributed by atoms with Gasteiger partial charge >= 0.3 is 12.1 Å². The highest BCUT2D eigenvalue weighted by Crippen LogP contribution is 2.44. The van der Waals surface area contributed by atoms with E-state index in [9.17, 15) is 19.5 Å². The fourth-order valence-corrected chi connectivity index (χ4v) is 5.36. The summed E-state index contributed by atoms with van der Waals surface area (Å²) in [5, 5.41) is 15.0. The SMILES string of the molecule is CC[C@@H](CC(=O)NCC1CCCC(C(=O)O)C1)NC(=O)OCC1c2ccccc2-c2ccccc21. The minimum absolute atomic E-state index is 0.0124. The van der Waals surface area contributed by atoms with E-state index >= 15 is 0 Å². The maximum atomic E-state index is 12.6. The quantitative estimate of drug-likeness (QED) is 0.485. The van der Waals surface area contributed by atoms with Crippen molar-refractivity contribution in [3.8, 4) is 11.1 Å². The molecule has 0 heterocycles. The van der Waals surface area contributed by atoms with Gasteiger partial charge in [0.05, 0.1) is 5.92 Å². The summed E-state index contributed by atoms with van der Waals surface area (Å²) in [7, 11) is 0. The number of ether oxygens (including phenoxy) is 1. The van der Waals surface area contributed by atoms with E-state index in [1.807, 2.05) is 31.2 Å². The van der Waals surface area contributed by atoms with Crippen LogP contribution in [0.3, 0.4) is 0 Å². The summed E-state index contributed by atoms with van der Waals surface area (Å²) < 4.78 is 5.61. The van der Waals surface area contributed by atoms with Gasteiger partial charge < -0.3 is 20.5 Å². The van der Waals surface area contributed by atoms with Gasteiger partial charge in [-0.05, 0) is 53.9 Å². The Hall–Kier alpha value is -3.35. The Balaban J connectivity index is 1.25. The number of hydrogen-bond acceptors (Lipinski definition) is 4. The topological polar surface area (TPSA) is 105 Å². The van der Waals surface area contributed by atoms with E-state index in [1.165, 1.54) is 11.1 Å². The van der Waals surface area contributed by atoms with E-state index < -0.39 is 12.1 Å². The van der Waals surface area contributed by atoms with Crippen LogP contribution in [0.2, 0.25) is 0 Å². The Bertz CT molecular complexity index is 1020. The molecule has 2 unspecified atom stereocenters. The van der Waals surface area contributed by atoms with Gasteiger partial charge in [0.1, 0.15) is 6.61 Å². The van der Waals surface area contributed by atoms with Crippen LogP contribution in [0.1, 0.15) is 62.5 Å². The van der Waals surface area contributed by atoms with Gasteiger partial charge in [0.2, 0.25) is 5.91 Å². The number of alkyl carbamates (subject to hydrolysis) is 1. The standard InChI is InChI=1S/C28H34N2O5/c1-2-20(15-26(31)29-16-18-8-7-9-19(14-18)27(32)33)30-28(34)35-17-25-23-12-5-3-10-21(23)22-11-4-6-13-24(22)25/h3-6,10-13,18-20,25H,2,7-9,14-17H2,1H3,(H,29,31)(H,30,34)(H,32,33)/t18?,19?,20-/m0/s1. The third kappa shape index (κ3) is 6.02. The fraction of sp³-hybridized carbons (Fsp3) is 0.464. The van der Waals surface area contributed by atoms with Crippen LogP contribution >= 0.6 is 0 Å². The molecule has 0 radical (unpaired) electrons. The van der Waals surface area contributed by atoms with Gasteiger partial charge in [0.15, 0.2) is 0 Å². The van der Waals surface area contributed by atoms with E-state index in [-0.39, 0.29) is 42.7 Å². The highest BCUT2D eigenvalue weighted by molar-refractivity contribution is 5.79. The molecule has 7 nitrogen and oxygen atoms in total. The zero-order valence-corrected chi connectivity index (χ0v) is 20.2. The number of carbonyl (C=O) groups excluding carboxylic acids is 2. The lowest BCUT2D eigenvalue weighted by Gasteiger charge is -2.27. The molecule has 0 saturated heterocycles. The van der Waals surface area contributed by atoms with Gasteiger partial charge in [0, 0.05) is 24.9 Å². The predicted octanol–water partition coefficient (Wildman–Crippen LogP) is 4.70. The lowest BCUT2D eigenvalue weighted by atomic mass is 9.81. The Morgan fingerprint density at radius 3 is 2.31 bits per heavy atom. The number of rotatable bonds is 9. The smallest absolute Gasteiger partial charge is 0.407 e. The van der Waals surface area contributed by atoms with Gasteiger partial charge in [-0.25, -0.2) is 4.79 Å². The molecule has 35 heavy (non-hydrogen) atoms. The molecule has 2 aromatic rings. The molecule has 2 aliphatic rings. The van der Waals surface area contributed by atoms with Crippen molar-refractivity contribution in [3.63, 3.8) is 0 Å². The van der Waals surface area contributed by atoms with Gasteiger partial charge in [-0.1, -0.05) is 61.9 Å². The Morgan fingerprint density at radius 2 is 1.69 bits per heavy atom. The number of aliphatic carboxylic acids is 1. The highest BCUT2D eigenvalue weighted by atomic mass is 16.5. The average Bonchev–Trinajstić information content (AvgIpc) is 3.19. The molecule has 0 aliphatic heterocycles. The van der Waals surface area contributed by atoms with Crippen LogP contribution in [0.15, 0.2) is 48.5 Å². The summed E-state index contributed by atoms with van der Waals surface area (Å²) >= 11 is 0. The molecule has 4 rings (SSSR count). The molecule has 2 aromatic carbocycles. The third-order valence-corrected chi connectivity index (χ3v) is 7.31. The van der Waals surface area contributed by atoms with Crippen molar-refractivity contribution in [3.05, 3.63) is 59.7 Å². The zero-order valence-electron chi connectivity index (χ0n) is 20.2. The summed E-state index contributed by atoms with van der Waals surface area (Å²) in [6, 6.07) is 16.0. The Kier molecular flexibility index (Phi) is 8.06. The fourth-order valence-electron chi connectivity index (χ4n) is 5.36. The number of carbonyl (C=O) groups is 3. The molecule has 2 amide bonds. The molecule has 7 heteroatoms. The molecule has 3 N–H and O–H groups in total. The summed E-state index contributed by atoms with van der Waals surface area (Å²) in [6.45, 7) is 2.62. The normalized spacial score (nSPS) is 19.8. The van der Waals surface area contributed by atoms with E-state index in [2.05, 4.69) is 34.9 Å². The molecular weight excluding hydrogens is 444 g/mol. The third-order valence-electron chi connectivity index (χ3n) is 7.31. The van der Waals surface area contributed by atoms with E-state index in [0.717, 1.165) is 24.0 Å². The number of benzene rings is 2. The second kappa shape index (κ2) is 11.4. The number of hydrogen-bond donors (Lipinski definition) is 3. The predicted molar refractivity (Wildman–Crippen MR) is 133 cm³/mol. The minimum Gasteiger partial charge on any atom is -0.481 e. The van der Waals surface area contributed by atoms with Gasteiger partial charge in [-0.2, -0.15) is 0 Å². The van der Waals surface area contributed by atoms with E-state index in [4.69, 9.17) is 4.74 Å². The van der Waals surface area contributed by atoms with Crippen molar-refractivity contribution >= 4 is 18.0 Å². The van der Waals surface area contributed by atoms with Crippen molar-refractivity contribution in [1.82, 2.24) is 10.6 Å². The highest BCUT2D eigenvalue weighted by Gasteiger charge is 2.30. The van der Waals surface area contributed by atoms with Crippen LogP contribution < -0.4 is 10.6 Å². The lowest BCUT2D eigenvalue weighted by molar-refractivity contribution is -0.143. The summed E-state index contributed by atoms with van der Waals surface area (Å²) in [5.74, 6) is -1.04. The largest absolute Gasteiger partial charge is 0.481 e. The first-order chi connectivity index (χ1) is 17.0. The molecule has 2 aliphatic carbocycles. The van der Waals surface area contributed by atoms with Crippen molar-refractivity contribution in [2.75, 3.05) is 13.2 Å². The second-order valence-electron chi connectivity index (χ2n) is 9.65. The number of nitrogens with one attached hydrogen (secondary N) is 2. The van der Waals surface area contributed by atoms with Crippen LogP contribution in [-0.4, -0.2) is 42.3 Å². The van der Waals surface area contributed by atoms with Crippen LogP contribution in [0.5, 0.6) is 0 Å². The molecule has 0 spiro atoms. The first kappa shape index (κ1) is 24.8. The molecule has 0 bridgehead atoms. The molecule has 186 valence electrons. The van der Waals surface area contributed by atoms with Gasteiger partial charge in [-0.15, -0.1) is 0 Å². The average molecular weight is 479 g/mol. The first-order valence-electron chi connectivity index (χ1n) is 12.6. The first-order valence-corrected chi connectivity index (χ1v) is 12.6. The number of fused-ring (bicyclic) bond motifs is 3. The van der Waals surface area contributed by atoms with Gasteiger partial charge in [0.25, 0.3) is 0 Å². The van der Waals surface area contributed by atoms with Crippen molar-refractivity contribution < 1.29 is 24.2 Å². The molecular formula is C28H34N2O5. The molecule has 1 saturated carbocycles. The second-order valence-corrected chi connectivity index (χ2v) is 9.65. The van der Waals surface area contributed by atoms with Crippen LogP contribution in [0.25, 0.3) is 11.1 Å². The number of amides is 2. The minimum atomic E-state index is -0.751. The van der Waals surface area contributed by atoms with E-state index in [0.29, 0.717) is 25.8 Å². The maximum Gasteiger partial charge on any atom is 0.407 e. The molecule has 0 aromatic heterocycles. The van der Waals surface area contributed by atoms with Gasteiger partial charge in [-0.3, -0.25) is 9.59 Å². The molecule has 1 fully saturated rings. The number of carboxylic acid groups (broad SMARTS) is 1. The lowest BCUT2D eigenvalue weighted by Crippen LogP contribution is -2.40. The maximum absolute atomic E-state index is 12.6. The van der Waals surface area contributed by atoms with Crippen LogP contribution in [-0.2, 0) is 14.3 Å². The number of carboxylic acids is 1. The Morgan fingerprint density at radius 1 is 1.03 bits per heavy atom. The Labute approximate surface area is 206 Å². The van der Waals surface area contributed by atoms with Crippen molar-refractivity contribution in [2.45, 2.75) is 57.4 Å². The summed E-state index contributed by atoms with van der Waals surface area (Å²) in [5.41, 5.74) is 4.65. The van der Waals surface area contributed by atoms with E-state index in [1.54, 1.807) is 0 Å². The van der Waals surface area contributed by atoms with Crippen LogP contribution in [0.4, 0.5) is 4.79 Å².